The van der Waals surface area contributed by atoms with Gasteiger partial charge in [0.25, 0.3) is 23.3 Å². The van der Waals surface area contributed by atoms with E-state index in [4.69, 9.17) is 0 Å². The molecule has 0 saturated carbocycles. The summed E-state index contributed by atoms with van der Waals surface area (Å²) in [6.07, 6.45) is 5.56. The summed E-state index contributed by atoms with van der Waals surface area (Å²) in [7, 11) is 9.10. The number of hydrogen-bond donors (Lipinski definition) is 3. The smallest absolute Gasteiger partial charge is 0.282 e. The maximum Gasteiger partial charge on any atom is 0.282 e. The van der Waals surface area contributed by atoms with Gasteiger partial charge in [-0.15, -0.1) is 0 Å². The number of nitrogens with one attached hydrogen (secondary N) is 3. The van der Waals surface area contributed by atoms with Crippen molar-refractivity contribution < 1.29 is 24.0 Å². The molecule has 62 heavy (non-hydrogen) atoms. The number of rotatable bonds is 19. The van der Waals surface area contributed by atoms with Crippen molar-refractivity contribution in [2.75, 3.05) is 76.4 Å². The number of likely N-dealkylation sites (tertiary alicyclic amines) is 1. The lowest BCUT2D eigenvalue weighted by molar-refractivity contribution is -0.121. The molecule has 3 N–H and O–H groups in total. The molecule has 1 aromatic heterocycles. The van der Waals surface area contributed by atoms with Gasteiger partial charge in [-0.05, 0) is 109 Å². The van der Waals surface area contributed by atoms with Crippen molar-refractivity contribution in [1.82, 2.24) is 29.8 Å². The molecular formula is C46H56BrN9O6. The van der Waals surface area contributed by atoms with Gasteiger partial charge in [0.2, 0.25) is 5.91 Å². The van der Waals surface area contributed by atoms with Crippen molar-refractivity contribution in [3.05, 3.63) is 116 Å². The summed E-state index contributed by atoms with van der Waals surface area (Å²) < 4.78 is 1.77. The molecule has 0 bridgehead atoms. The van der Waals surface area contributed by atoms with Crippen LogP contribution in [0.3, 0.4) is 0 Å². The highest BCUT2D eigenvalue weighted by Gasteiger charge is 2.41. The van der Waals surface area contributed by atoms with Crippen molar-refractivity contribution in [2.45, 2.75) is 56.5 Å². The minimum absolute atomic E-state index is 0.0129. The van der Waals surface area contributed by atoms with Gasteiger partial charge in [0.1, 0.15) is 10.8 Å². The van der Waals surface area contributed by atoms with Crippen LogP contribution in [0.15, 0.2) is 82.2 Å². The maximum atomic E-state index is 13.4. The van der Waals surface area contributed by atoms with E-state index in [0.29, 0.717) is 40.8 Å². The Morgan fingerprint density at radius 2 is 1.68 bits per heavy atom. The number of aldehydes is 1. The van der Waals surface area contributed by atoms with E-state index in [1.165, 1.54) is 22.9 Å². The average molecular weight is 911 g/mol. The molecule has 2 aliphatic heterocycles. The van der Waals surface area contributed by atoms with Gasteiger partial charge in [-0.1, -0.05) is 30.3 Å². The lowest BCUT2D eigenvalue weighted by Gasteiger charge is -2.37. The van der Waals surface area contributed by atoms with Crippen LogP contribution in [0.4, 0.5) is 17.1 Å². The minimum Gasteiger partial charge on any atom is -0.384 e. The molecule has 15 nitrogen and oxygen atoms in total. The quantitative estimate of drug-likeness (QED) is 0.0673. The SMILES string of the molecule is CNC(=O)CCC(C=O)N1C(=O)c2cccc(NCCCc3ccc(N(C)CCCN(C)C(=O)c4ccc(C5CC(Nc6cnn(C)c(=O)c6Br)CN(C)C5)cc4)cc3)c2C1=O. The van der Waals surface area contributed by atoms with Crippen molar-refractivity contribution in [2.24, 2.45) is 7.05 Å². The van der Waals surface area contributed by atoms with Crippen LogP contribution in [0.25, 0.3) is 0 Å². The Morgan fingerprint density at radius 1 is 0.935 bits per heavy atom. The van der Waals surface area contributed by atoms with Crippen molar-refractivity contribution in [1.29, 1.82) is 0 Å². The van der Waals surface area contributed by atoms with Crippen molar-refractivity contribution in [3.8, 4) is 0 Å². The first-order valence-electron chi connectivity index (χ1n) is 21.0. The predicted molar refractivity (Wildman–Crippen MR) is 244 cm³/mol. The first-order chi connectivity index (χ1) is 29.8. The number of likely N-dealkylation sites (N-methyl/N-ethyl adjacent to an activating group) is 1. The highest BCUT2D eigenvalue weighted by molar-refractivity contribution is 9.10. The lowest BCUT2D eigenvalue weighted by atomic mass is 9.87. The summed E-state index contributed by atoms with van der Waals surface area (Å²) in [5.74, 6) is -1.09. The molecule has 2 aliphatic rings. The van der Waals surface area contributed by atoms with Crippen molar-refractivity contribution in [3.63, 3.8) is 0 Å². The Morgan fingerprint density at radius 3 is 2.39 bits per heavy atom. The highest BCUT2D eigenvalue weighted by Crippen LogP contribution is 2.32. The van der Waals surface area contributed by atoms with E-state index in [1.54, 1.807) is 36.3 Å². The molecule has 4 amide bonds. The minimum atomic E-state index is -1.02. The third-order valence-electron chi connectivity index (χ3n) is 11.7. The Bertz CT molecular complexity index is 2320. The number of imide groups is 1. The number of hydrogen-bond acceptors (Lipinski definition) is 11. The third kappa shape index (κ3) is 10.8. The molecule has 1 fully saturated rings. The summed E-state index contributed by atoms with van der Waals surface area (Å²) >= 11 is 3.42. The van der Waals surface area contributed by atoms with E-state index < -0.39 is 17.9 Å². The van der Waals surface area contributed by atoms with E-state index in [9.17, 15) is 28.8 Å². The number of halogens is 1. The largest absolute Gasteiger partial charge is 0.384 e. The number of nitrogens with zero attached hydrogens (tertiary/aromatic N) is 6. The van der Waals surface area contributed by atoms with Gasteiger partial charge in [-0.25, -0.2) is 4.68 Å². The van der Waals surface area contributed by atoms with Crippen LogP contribution in [-0.2, 0) is 23.1 Å². The molecule has 3 atom stereocenters. The molecule has 6 rings (SSSR count). The standard InChI is InChI=1S/C46H56BrN9O6/c1-48-40(58)21-20-36(29-57)56-44(60)37-10-6-11-38(41(37)45(56)61)49-22-7-9-30-12-18-35(19-13-30)53(3)23-8-24-54(4)43(59)32-16-14-31(15-17-32)33-25-34(28-52(2)27-33)51-39-26-50-55(5)46(62)42(39)47/h6,10-19,26,29,33-34,36,49,51H,7-9,20-25,27-28H2,1-5H3,(H,48,58). The Hall–Kier alpha value is -5.87. The normalized spacial score (nSPS) is 16.7. The fourth-order valence-corrected chi connectivity index (χ4v) is 8.71. The second kappa shape index (κ2) is 20.8. The van der Waals surface area contributed by atoms with E-state index in [1.807, 2.05) is 26.2 Å². The second-order valence-corrected chi connectivity index (χ2v) is 17.0. The Labute approximate surface area is 370 Å². The monoisotopic (exact) mass is 909 g/mol. The molecule has 4 aromatic rings. The zero-order valence-electron chi connectivity index (χ0n) is 36.0. The van der Waals surface area contributed by atoms with Gasteiger partial charge >= 0.3 is 0 Å². The topological polar surface area (TPSA) is 169 Å². The third-order valence-corrected chi connectivity index (χ3v) is 12.5. The lowest BCUT2D eigenvalue weighted by Crippen LogP contribution is -2.43. The Balaban J connectivity index is 0.925. The van der Waals surface area contributed by atoms with Gasteiger partial charge < -0.3 is 35.4 Å². The molecular weight excluding hydrogens is 854 g/mol. The van der Waals surface area contributed by atoms with E-state index >= 15 is 0 Å². The fraction of sp³-hybridized carbons (Fsp3) is 0.413. The maximum absolute atomic E-state index is 13.4. The summed E-state index contributed by atoms with van der Waals surface area (Å²) in [5, 5.41) is 13.5. The summed E-state index contributed by atoms with van der Waals surface area (Å²) in [4.78, 5) is 83.0. The number of amides is 4. The summed E-state index contributed by atoms with van der Waals surface area (Å²) in [5.41, 5.74) is 5.62. The van der Waals surface area contributed by atoms with Crippen LogP contribution >= 0.6 is 15.9 Å². The van der Waals surface area contributed by atoms with Crippen LogP contribution in [-0.4, -0.2) is 127 Å². The number of fused-ring (bicyclic) bond motifs is 1. The molecule has 0 radical (unpaired) electrons. The number of aromatic nitrogens is 2. The van der Waals surface area contributed by atoms with Crippen LogP contribution in [0.2, 0.25) is 0 Å². The van der Waals surface area contributed by atoms with Crippen LogP contribution in [0, 0.1) is 0 Å². The number of carbonyl (C=O) groups is 5. The first kappa shape index (κ1) is 45.7. The molecule has 328 valence electrons. The van der Waals surface area contributed by atoms with E-state index in [0.717, 1.165) is 55.9 Å². The zero-order valence-corrected chi connectivity index (χ0v) is 37.6. The van der Waals surface area contributed by atoms with Gasteiger partial charge in [-0.3, -0.25) is 28.9 Å². The molecule has 16 heteroatoms. The van der Waals surface area contributed by atoms with Crippen molar-refractivity contribution >= 4 is 62.9 Å². The van der Waals surface area contributed by atoms with Gasteiger partial charge in [0.15, 0.2) is 0 Å². The van der Waals surface area contributed by atoms with Gasteiger partial charge in [-0.2, -0.15) is 5.10 Å². The Kier molecular flexibility index (Phi) is 15.3. The number of anilines is 3. The molecule has 3 heterocycles. The van der Waals surface area contributed by atoms with Gasteiger partial charge in [0.05, 0.1) is 29.1 Å². The first-order valence-corrected chi connectivity index (χ1v) is 21.8. The molecule has 3 aromatic carbocycles. The predicted octanol–water partition coefficient (Wildman–Crippen LogP) is 4.78. The number of carbonyl (C=O) groups excluding carboxylic acids is 5. The number of piperidine rings is 1. The zero-order chi connectivity index (χ0) is 44.5. The van der Waals surface area contributed by atoms with Crippen LogP contribution in [0.1, 0.15) is 80.2 Å². The number of benzene rings is 3. The fourth-order valence-electron chi connectivity index (χ4n) is 8.24. The second-order valence-electron chi connectivity index (χ2n) is 16.2. The summed E-state index contributed by atoms with van der Waals surface area (Å²) in [6.45, 7) is 3.69. The molecule has 0 aliphatic carbocycles. The number of aryl methyl sites for hydroxylation is 2. The molecule has 3 unspecified atom stereocenters. The van der Waals surface area contributed by atoms with E-state index in [-0.39, 0.29) is 53.3 Å². The van der Waals surface area contributed by atoms with Crippen LogP contribution in [0.5, 0.6) is 0 Å². The van der Waals surface area contributed by atoms with E-state index in [2.05, 4.69) is 90.2 Å². The van der Waals surface area contributed by atoms with Gasteiger partial charge in [0, 0.05) is 90.3 Å². The molecule has 1 saturated heterocycles. The highest BCUT2D eigenvalue weighted by atomic mass is 79.9. The van der Waals surface area contributed by atoms with Crippen LogP contribution < -0.4 is 26.4 Å². The summed E-state index contributed by atoms with van der Waals surface area (Å²) in [6, 6.07) is 20.5. The molecule has 0 spiro atoms. The average Bonchev–Trinajstić information content (AvgIpc) is 3.53.